The Bertz CT molecular complexity index is 535. The fourth-order valence-corrected chi connectivity index (χ4v) is 3.58. The molecule has 1 N–H and O–H groups in total. The SMILES string of the molecule is O=C(NC1CCN(C2CCCC2)CC1)c1ccc(F)c(F)c1. The van der Waals surface area contributed by atoms with Crippen LogP contribution in [0.25, 0.3) is 0 Å². The molecule has 1 heterocycles. The van der Waals surface area contributed by atoms with E-state index < -0.39 is 11.6 Å². The van der Waals surface area contributed by atoms with Gasteiger partial charge in [0.1, 0.15) is 0 Å². The predicted octanol–water partition coefficient (Wildman–Crippen LogP) is 3.10. The van der Waals surface area contributed by atoms with E-state index in [4.69, 9.17) is 0 Å². The Morgan fingerprint density at radius 3 is 2.36 bits per heavy atom. The Hall–Kier alpha value is -1.49. The van der Waals surface area contributed by atoms with Gasteiger partial charge in [0.05, 0.1) is 0 Å². The van der Waals surface area contributed by atoms with Crippen LogP contribution in [0.15, 0.2) is 18.2 Å². The van der Waals surface area contributed by atoms with Crippen LogP contribution >= 0.6 is 0 Å². The molecule has 3 nitrogen and oxygen atoms in total. The summed E-state index contributed by atoms with van der Waals surface area (Å²) < 4.78 is 26.1. The number of piperidine rings is 1. The highest BCUT2D eigenvalue weighted by Gasteiger charge is 2.27. The molecule has 0 radical (unpaired) electrons. The van der Waals surface area contributed by atoms with Gasteiger partial charge in [-0.2, -0.15) is 0 Å². The molecule has 120 valence electrons. The summed E-state index contributed by atoms with van der Waals surface area (Å²) in [7, 11) is 0. The quantitative estimate of drug-likeness (QED) is 0.930. The minimum Gasteiger partial charge on any atom is -0.349 e. The Balaban J connectivity index is 1.51. The van der Waals surface area contributed by atoms with E-state index in [1.807, 2.05) is 0 Å². The third-order valence-corrected chi connectivity index (χ3v) is 4.89. The number of rotatable bonds is 3. The number of hydrogen-bond donors (Lipinski definition) is 1. The van der Waals surface area contributed by atoms with Crippen LogP contribution in [0.5, 0.6) is 0 Å². The molecule has 0 aromatic heterocycles. The average molecular weight is 308 g/mol. The molecule has 0 atom stereocenters. The van der Waals surface area contributed by atoms with Crippen LogP contribution in [-0.4, -0.2) is 36.0 Å². The van der Waals surface area contributed by atoms with Crippen LogP contribution in [0.4, 0.5) is 8.78 Å². The van der Waals surface area contributed by atoms with Gasteiger partial charge in [0.25, 0.3) is 5.91 Å². The molecule has 5 heteroatoms. The first-order chi connectivity index (χ1) is 10.6. The zero-order valence-electron chi connectivity index (χ0n) is 12.7. The van der Waals surface area contributed by atoms with Crippen molar-refractivity contribution in [3.8, 4) is 0 Å². The van der Waals surface area contributed by atoms with Crippen molar-refractivity contribution < 1.29 is 13.6 Å². The van der Waals surface area contributed by atoms with Crippen molar-refractivity contribution in [1.29, 1.82) is 0 Å². The number of likely N-dealkylation sites (tertiary alicyclic amines) is 1. The summed E-state index contributed by atoms with van der Waals surface area (Å²) in [5.74, 6) is -2.23. The highest BCUT2D eigenvalue weighted by molar-refractivity contribution is 5.94. The lowest BCUT2D eigenvalue weighted by molar-refractivity contribution is 0.0892. The van der Waals surface area contributed by atoms with E-state index in [1.165, 1.54) is 31.7 Å². The van der Waals surface area contributed by atoms with Gasteiger partial charge in [0, 0.05) is 30.7 Å². The second-order valence-electron chi connectivity index (χ2n) is 6.35. The fourth-order valence-electron chi connectivity index (χ4n) is 3.58. The van der Waals surface area contributed by atoms with Gasteiger partial charge in [0.2, 0.25) is 0 Å². The molecule has 1 aromatic carbocycles. The largest absolute Gasteiger partial charge is 0.349 e. The first-order valence-electron chi connectivity index (χ1n) is 8.13. The zero-order chi connectivity index (χ0) is 15.5. The average Bonchev–Trinajstić information content (AvgIpc) is 3.05. The summed E-state index contributed by atoms with van der Waals surface area (Å²) in [6.07, 6.45) is 7.10. The summed E-state index contributed by atoms with van der Waals surface area (Å²) in [6, 6.07) is 4.12. The van der Waals surface area contributed by atoms with E-state index in [1.54, 1.807) is 0 Å². The molecule has 2 aliphatic rings. The summed E-state index contributed by atoms with van der Waals surface area (Å²) in [4.78, 5) is 14.6. The molecule has 0 spiro atoms. The summed E-state index contributed by atoms with van der Waals surface area (Å²) >= 11 is 0. The van der Waals surface area contributed by atoms with Crippen LogP contribution in [0.1, 0.15) is 48.9 Å². The van der Waals surface area contributed by atoms with Crippen molar-refractivity contribution in [2.45, 2.75) is 50.6 Å². The lowest BCUT2D eigenvalue weighted by atomic mass is 10.0. The number of nitrogens with zero attached hydrogens (tertiary/aromatic N) is 1. The van der Waals surface area contributed by atoms with Gasteiger partial charge < -0.3 is 10.2 Å². The van der Waals surface area contributed by atoms with Crippen molar-refractivity contribution in [3.05, 3.63) is 35.4 Å². The molecular weight excluding hydrogens is 286 g/mol. The Morgan fingerprint density at radius 2 is 1.73 bits per heavy atom. The predicted molar refractivity (Wildman–Crippen MR) is 80.7 cm³/mol. The van der Waals surface area contributed by atoms with Crippen molar-refractivity contribution in [3.63, 3.8) is 0 Å². The number of carbonyl (C=O) groups excluding carboxylic acids is 1. The number of hydrogen-bond acceptors (Lipinski definition) is 2. The normalized spacial score (nSPS) is 21.2. The highest BCUT2D eigenvalue weighted by atomic mass is 19.2. The third-order valence-electron chi connectivity index (χ3n) is 4.89. The second-order valence-corrected chi connectivity index (χ2v) is 6.35. The number of nitrogens with one attached hydrogen (secondary N) is 1. The Labute approximate surface area is 129 Å². The van der Waals surface area contributed by atoms with E-state index >= 15 is 0 Å². The van der Waals surface area contributed by atoms with Crippen molar-refractivity contribution >= 4 is 5.91 Å². The minimum absolute atomic E-state index is 0.123. The molecule has 1 amide bonds. The van der Waals surface area contributed by atoms with Gasteiger partial charge in [-0.1, -0.05) is 12.8 Å². The van der Waals surface area contributed by atoms with Crippen LogP contribution in [0, 0.1) is 11.6 Å². The standard InChI is InChI=1S/C17H22F2N2O/c18-15-6-5-12(11-16(15)19)17(22)20-13-7-9-21(10-8-13)14-3-1-2-4-14/h5-6,11,13-14H,1-4,7-10H2,(H,20,22). The second kappa shape index (κ2) is 6.73. The van der Waals surface area contributed by atoms with Crippen LogP contribution in [-0.2, 0) is 0 Å². The zero-order valence-corrected chi connectivity index (χ0v) is 12.7. The lowest BCUT2D eigenvalue weighted by Gasteiger charge is -2.36. The first-order valence-corrected chi connectivity index (χ1v) is 8.13. The summed E-state index contributed by atoms with van der Waals surface area (Å²) in [5.41, 5.74) is 0.178. The van der Waals surface area contributed by atoms with Crippen LogP contribution < -0.4 is 5.32 Å². The molecule has 1 aromatic rings. The highest BCUT2D eigenvalue weighted by Crippen LogP contribution is 2.26. The molecule has 2 fully saturated rings. The van der Waals surface area contributed by atoms with Gasteiger partial charge in [0.15, 0.2) is 11.6 Å². The molecule has 0 bridgehead atoms. The molecule has 1 aliphatic carbocycles. The molecule has 22 heavy (non-hydrogen) atoms. The maximum atomic E-state index is 13.2. The van der Waals surface area contributed by atoms with E-state index in [0.717, 1.165) is 44.1 Å². The van der Waals surface area contributed by atoms with Crippen molar-refractivity contribution in [1.82, 2.24) is 10.2 Å². The van der Waals surface area contributed by atoms with E-state index in [0.29, 0.717) is 0 Å². The maximum Gasteiger partial charge on any atom is 0.251 e. The van der Waals surface area contributed by atoms with Crippen LogP contribution in [0.3, 0.4) is 0 Å². The van der Waals surface area contributed by atoms with Gasteiger partial charge >= 0.3 is 0 Å². The van der Waals surface area contributed by atoms with Gasteiger partial charge in [-0.15, -0.1) is 0 Å². The molecule has 1 aliphatic heterocycles. The fraction of sp³-hybridized carbons (Fsp3) is 0.588. The molecule has 1 saturated heterocycles. The van der Waals surface area contributed by atoms with E-state index in [-0.39, 0.29) is 17.5 Å². The van der Waals surface area contributed by atoms with Gasteiger partial charge in [-0.25, -0.2) is 8.78 Å². The molecule has 1 saturated carbocycles. The number of carbonyl (C=O) groups is 1. The Kier molecular flexibility index (Phi) is 4.71. The molecule has 3 rings (SSSR count). The molecular formula is C17H22F2N2O. The topological polar surface area (TPSA) is 32.3 Å². The maximum absolute atomic E-state index is 13.2. The number of amides is 1. The molecule has 0 unspecified atom stereocenters. The lowest BCUT2D eigenvalue weighted by Crippen LogP contribution is -2.47. The van der Waals surface area contributed by atoms with Gasteiger partial charge in [-0.3, -0.25) is 4.79 Å². The third kappa shape index (κ3) is 3.46. The summed E-state index contributed by atoms with van der Waals surface area (Å²) in [6.45, 7) is 2.01. The summed E-state index contributed by atoms with van der Waals surface area (Å²) in [5, 5.41) is 2.94. The smallest absolute Gasteiger partial charge is 0.251 e. The van der Waals surface area contributed by atoms with Crippen molar-refractivity contribution in [2.75, 3.05) is 13.1 Å². The van der Waals surface area contributed by atoms with Crippen molar-refractivity contribution in [2.24, 2.45) is 0 Å². The van der Waals surface area contributed by atoms with E-state index in [2.05, 4.69) is 10.2 Å². The van der Waals surface area contributed by atoms with E-state index in [9.17, 15) is 13.6 Å². The minimum atomic E-state index is -0.983. The number of halogens is 2. The number of benzene rings is 1. The first kappa shape index (κ1) is 15.4. The monoisotopic (exact) mass is 308 g/mol. The van der Waals surface area contributed by atoms with Crippen LogP contribution in [0.2, 0.25) is 0 Å². The van der Waals surface area contributed by atoms with Gasteiger partial charge in [-0.05, 0) is 43.9 Å². The Morgan fingerprint density at radius 1 is 1.05 bits per heavy atom.